The molecule has 1 aromatic carbocycles. The molecule has 0 bridgehead atoms. The maximum Gasteiger partial charge on any atom is 0.191 e. The summed E-state index contributed by atoms with van der Waals surface area (Å²) >= 11 is 1.62. The van der Waals surface area contributed by atoms with E-state index in [9.17, 15) is 5.11 Å². The van der Waals surface area contributed by atoms with Crippen molar-refractivity contribution in [2.75, 3.05) is 19.6 Å². The third-order valence-electron chi connectivity index (χ3n) is 3.94. The molecule has 0 aliphatic heterocycles. The Morgan fingerprint density at radius 1 is 1.19 bits per heavy atom. The lowest BCUT2D eigenvalue weighted by Gasteiger charge is -2.12. The van der Waals surface area contributed by atoms with Crippen LogP contribution in [-0.4, -0.2) is 35.7 Å². The number of guanidine groups is 1. The molecular formula is C20H25IN4OS. The summed E-state index contributed by atoms with van der Waals surface area (Å²) in [6.45, 7) is 3.86. The fraction of sp³-hybridized carbons (Fsp3) is 0.300. The van der Waals surface area contributed by atoms with E-state index in [0.29, 0.717) is 12.5 Å². The highest BCUT2D eigenvalue weighted by atomic mass is 127. The molecule has 0 saturated heterocycles. The molecule has 2 heterocycles. The zero-order chi connectivity index (χ0) is 18.2. The third kappa shape index (κ3) is 6.44. The van der Waals surface area contributed by atoms with Gasteiger partial charge in [-0.3, -0.25) is 9.98 Å². The second-order valence-corrected chi connectivity index (χ2v) is 7.04. The van der Waals surface area contributed by atoms with Crippen LogP contribution >= 0.6 is 35.3 Å². The van der Waals surface area contributed by atoms with Crippen LogP contribution in [0.3, 0.4) is 0 Å². The van der Waals surface area contributed by atoms with Gasteiger partial charge in [0.2, 0.25) is 0 Å². The van der Waals surface area contributed by atoms with Gasteiger partial charge in [-0.1, -0.05) is 24.3 Å². The fourth-order valence-electron chi connectivity index (χ4n) is 2.63. The van der Waals surface area contributed by atoms with E-state index in [4.69, 9.17) is 0 Å². The van der Waals surface area contributed by atoms with Crippen LogP contribution in [0.1, 0.15) is 23.6 Å². The van der Waals surface area contributed by atoms with Gasteiger partial charge in [0, 0.05) is 41.0 Å². The quantitative estimate of drug-likeness (QED) is 0.265. The number of nitrogens with zero attached hydrogens (tertiary/aromatic N) is 2. The van der Waals surface area contributed by atoms with E-state index in [0.717, 1.165) is 35.5 Å². The molecule has 0 amide bonds. The molecule has 0 radical (unpaired) electrons. The number of halogens is 1. The molecule has 27 heavy (non-hydrogen) atoms. The van der Waals surface area contributed by atoms with Gasteiger partial charge in [-0.05, 0) is 36.6 Å². The summed E-state index contributed by atoms with van der Waals surface area (Å²) in [7, 11) is 0. The average molecular weight is 496 g/mol. The molecule has 7 heteroatoms. The van der Waals surface area contributed by atoms with Crippen molar-refractivity contribution in [3.63, 3.8) is 0 Å². The summed E-state index contributed by atoms with van der Waals surface area (Å²) in [5.74, 6) is 0.712. The highest BCUT2D eigenvalue weighted by Crippen LogP contribution is 2.29. The van der Waals surface area contributed by atoms with Crippen molar-refractivity contribution in [2.24, 2.45) is 4.99 Å². The first-order chi connectivity index (χ1) is 12.8. The Hall–Kier alpha value is -1.71. The van der Waals surface area contributed by atoms with Gasteiger partial charge in [-0.15, -0.1) is 35.3 Å². The van der Waals surface area contributed by atoms with E-state index in [1.807, 2.05) is 43.3 Å². The maximum absolute atomic E-state index is 10.5. The Balaban J connectivity index is 0.00000261. The summed E-state index contributed by atoms with van der Waals surface area (Å²) in [6.07, 6.45) is 2.03. The van der Waals surface area contributed by atoms with E-state index in [2.05, 4.69) is 32.7 Å². The van der Waals surface area contributed by atoms with Gasteiger partial charge in [0.05, 0.1) is 6.54 Å². The monoisotopic (exact) mass is 496 g/mol. The predicted octanol–water partition coefficient (Wildman–Crippen LogP) is 3.75. The van der Waals surface area contributed by atoms with E-state index in [1.165, 1.54) is 4.70 Å². The highest BCUT2D eigenvalue weighted by molar-refractivity contribution is 14.0. The Kier molecular flexibility index (Phi) is 8.96. The molecule has 1 atom stereocenters. The largest absolute Gasteiger partial charge is 0.386 e. The number of hydrogen-bond donors (Lipinski definition) is 3. The molecule has 0 aliphatic carbocycles. The first-order valence-corrected chi connectivity index (χ1v) is 9.66. The van der Waals surface area contributed by atoms with Crippen molar-refractivity contribution in [3.05, 3.63) is 65.3 Å². The van der Waals surface area contributed by atoms with Crippen LogP contribution in [0.5, 0.6) is 0 Å². The van der Waals surface area contributed by atoms with Gasteiger partial charge in [0.1, 0.15) is 6.10 Å². The van der Waals surface area contributed by atoms with Crippen molar-refractivity contribution >= 4 is 51.4 Å². The van der Waals surface area contributed by atoms with Crippen molar-refractivity contribution in [3.8, 4) is 0 Å². The Morgan fingerprint density at radius 3 is 2.74 bits per heavy atom. The first kappa shape index (κ1) is 21.6. The summed E-state index contributed by atoms with van der Waals surface area (Å²) in [4.78, 5) is 9.78. The minimum absolute atomic E-state index is 0. The first-order valence-electron chi connectivity index (χ1n) is 8.85. The van der Waals surface area contributed by atoms with Crippen LogP contribution < -0.4 is 10.6 Å². The van der Waals surface area contributed by atoms with Crippen LogP contribution in [0.4, 0.5) is 0 Å². The number of rotatable bonds is 7. The summed E-state index contributed by atoms with van der Waals surface area (Å²) in [5.41, 5.74) is 1.04. The molecule has 3 aromatic rings. The molecule has 2 aromatic heterocycles. The van der Waals surface area contributed by atoms with Gasteiger partial charge in [0.25, 0.3) is 0 Å². The number of aliphatic hydroxyl groups is 1. The van der Waals surface area contributed by atoms with Gasteiger partial charge < -0.3 is 15.7 Å². The topological polar surface area (TPSA) is 69.5 Å². The van der Waals surface area contributed by atoms with Crippen LogP contribution in [0.15, 0.2) is 59.7 Å². The minimum atomic E-state index is -0.598. The van der Waals surface area contributed by atoms with Crippen molar-refractivity contribution in [1.82, 2.24) is 15.6 Å². The van der Waals surface area contributed by atoms with E-state index in [-0.39, 0.29) is 24.0 Å². The van der Waals surface area contributed by atoms with Gasteiger partial charge in [-0.25, -0.2) is 0 Å². The number of hydrogen-bond acceptors (Lipinski definition) is 4. The van der Waals surface area contributed by atoms with E-state index < -0.39 is 6.10 Å². The lowest BCUT2D eigenvalue weighted by Crippen LogP contribution is -2.38. The van der Waals surface area contributed by atoms with Crippen LogP contribution in [0.2, 0.25) is 0 Å². The number of fused-ring (bicyclic) bond motifs is 1. The van der Waals surface area contributed by atoms with Gasteiger partial charge >= 0.3 is 0 Å². The number of aliphatic hydroxyl groups excluding tert-OH is 1. The number of benzene rings is 1. The zero-order valence-corrected chi connectivity index (χ0v) is 18.4. The number of aromatic nitrogens is 1. The molecule has 5 nitrogen and oxygen atoms in total. The molecule has 1 unspecified atom stereocenters. The zero-order valence-electron chi connectivity index (χ0n) is 15.3. The lowest BCUT2D eigenvalue weighted by atomic mass is 10.2. The Morgan fingerprint density at radius 2 is 2.00 bits per heavy atom. The van der Waals surface area contributed by atoms with E-state index in [1.54, 1.807) is 17.5 Å². The molecule has 3 N–H and O–H groups in total. The van der Waals surface area contributed by atoms with Gasteiger partial charge in [-0.2, -0.15) is 0 Å². The number of nitrogens with one attached hydrogen (secondary N) is 2. The normalized spacial score (nSPS) is 12.4. The van der Waals surface area contributed by atoms with Crippen LogP contribution in [-0.2, 0) is 6.42 Å². The fourth-order valence-corrected chi connectivity index (χ4v) is 3.67. The third-order valence-corrected chi connectivity index (χ3v) is 5.16. The second kappa shape index (κ2) is 11.2. The Bertz CT molecular complexity index is 820. The molecule has 3 rings (SSSR count). The number of aliphatic imine (C=N–C) groups is 1. The van der Waals surface area contributed by atoms with Crippen LogP contribution in [0.25, 0.3) is 10.1 Å². The Labute approximate surface area is 181 Å². The minimum Gasteiger partial charge on any atom is -0.386 e. The molecule has 144 valence electrons. The summed E-state index contributed by atoms with van der Waals surface area (Å²) < 4.78 is 1.19. The summed E-state index contributed by atoms with van der Waals surface area (Å²) in [6, 6.07) is 16.1. The van der Waals surface area contributed by atoms with E-state index >= 15 is 0 Å². The highest BCUT2D eigenvalue weighted by Gasteiger charge is 2.11. The van der Waals surface area contributed by atoms with Crippen molar-refractivity contribution in [2.45, 2.75) is 19.4 Å². The number of pyridine rings is 1. The lowest BCUT2D eigenvalue weighted by molar-refractivity contribution is 0.191. The smallest absolute Gasteiger partial charge is 0.191 e. The molecule has 0 aliphatic rings. The predicted molar refractivity (Wildman–Crippen MR) is 124 cm³/mol. The maximum atomic E-state index is 10.5. The van der Waals surface area contributed by atoms with Crippen molar-refractivity contribution < 1.29 is 5.11 Å². The number of thiophene rings is 1. The molecule has 0 saturated carbocycles. The second-order valence-electron chi connectivity index (χ2n) is 5.92. The molecular weight excluding hydrogens is 471 g/mol. The standard InChI is InChI=1S/C20H24N4OS.HI/c1-2-21-20(23-12-10-16-8-5-6-11-22-16)24-14-17(25)19-13-15-7-3-4-9-18(15)26-19;/h3-9,11,13,17,25H,2,10,12,14H2,1H3,(H2,21,23,24);1H. The van der Waals surface area contributed by atoms with Crippen LogP contribution in [0, 0.1) is 0 Å². The molecule has 0 fully saturated rings. The van der Waals surface area contributed by atoms with Gasteiger partial charge in [0.15, 0.2) is 5.96 Å². The van der Waals surface area contributed by atoms with Crippen molar-refractivity contribution in [1.29, 1.82) is 0 Å². The SMILES string of the molecule is CCNC(=NCC(O)c1cc2ccccc2s1)NCCc1ccccn1.I. The molecule has 0 spiro atoms. The average Bonchev–Trinajstić information content (AvgIpc) is 3.11. The summed E-state index contributed by atoms with van der Waals surface area (Å²) in [5, 5.41) is 18.1.